The van der Waals surface area contributed by atoms with E-state index in [0.717, 1.165) is 16.7 Å². The van der Waals surface area contributed by atoms with E-state index >= 15 is 0 Å². The molecule has 0 spiro atoms. The lowest BCUT2D eigenvalue weighted by Gasteiger charge is -2.33. The minimum atomic E-state index is -0.873. The summed E-state index contributed by atoms with van der Waals surface area (Å²) in [5.41, 5.74) is 2.93. The number of aliphatic carboxylic acids is 1. The standard InChI is InChI=1S/C22H23NO4/c1-15-4-2-5-16(10-15)17-6-3-7-18(11-17)20(24)23-12-19-13-27-9-8-22(19,14-23)21(25)26/h2-7,10-11,19H,8-9,12-14H2,1H3,(H,25,26)/t19-,22+/m1/s1. The Balaban J connectivity index is 1.60. The number of aryl methyl sites for hydroxylation is 1. The van der Waals surface area contributed by atoms with Gasteiger partial charge in [0.05, 0.1) is 12.0 Å². The summed E-state index contributed by atoms with van der Waals surface area (Å²) in [6.45, 7) is 3.56. The maximum Gasteiger partial charge on any atom is 0.311 e. The van der Waals surface area contributed by atoms with E-state index in [1.807, 2.05) is 43.3 Å². The lowest BCUT2D eigenvalue weighted by molar-refractivity contribution is -0.157. The van der Waals surface area contributed by atoms with Gasteiger partial charge < -0.3 is 14.7 Å². The topological polar surface area (TPSA) is 66.8 Å². The first-order chi connectivity index (χ1) is 13.0. The van der Waals surface area contributed by atoms with Crippen LogP contribution in [0.5, 0.6) is 0 Å². The summed E-state index contributed by atoms with van der Waals surface area (Å²) in [5, 5.41) is 9.79. The summed E-state index contributed by atoms with van der Waals surface area (Å²) in [7, 11) is 0. The summed E-state index contributed by atoms with van der Waals surface area (Å²) in [4.78, 5) is 26.7. The molecule has 27 heavy (non-hydrogen) atoms. The Hall–Kier alpha value is -2.66. The van der Waals surface area contributed by atoms with Crippen molar-refractivity contribution in [2.45, 2.75) is 13.3 Å². The number of benzene rings is 2. The van der Waals surface area contributed by atoms with Crippen molar-refractivity contribution < 1.29 is 19.4 Å². The third-order valence-corrected chi connectivity index (χ3v) is 5.88. The molecular weight excluding hydrogens is 342 g/mol. The maximum atomic E-state index is 13.1. The number of amides is 1. The highest BCUT2D eigenvalue weighted by Gasteiger charge is 2.54. The number of hydrogen-bond acceptors (Lipinski definition) is 3. The molecule has 2 fully saturated rings. The fourth-order valence-electron chi connectivity index (χ4n) is 4.29. The van der Waals surface area contributed by atoms with Crippen LogP contribution in [0, 0.1) is 18.3 Å². The molecule has 5 nitrogen and oxygen atoms in total. The van der Waals surface area contributed by atoms with Crippen molar-refractivity contribution in [1.82, 2.24) is 4.90 Å². The third-order valence-electron chi connectivity index (χ3n) is 5.88. The Kier molecular flexibility index (Phi) is 4.48. The molecular formula is C22H23NO4. The molecule has 0 aromatic heterocycles. The molecule has 1 N–H and O–H groups in total. The molecule has 0 aliphatic carbocycles. The first kappa shape index (κ1) is 17.7. The van der Waals surface area contributed by atoms with Crippen LogP contribution in [0.4, 0.5) is 0 Å². The van der Waals surface area contributed by atoms with Crippen LogP contribution >= 0.6 is 0 Å². The highest BCUT2D eigenvalue weighted by atomic mass is 16.5. The molecule has 1 amide bonds. The highest BCUT2D eigenvalue weighted by Crippen LogP contribution is 2.43. The van der Waals surface area contributed by atoms with Gasteiger partial charge in [0.25, 0.3) is 5.91 Å². The average Bonchev–Trinajstić information content (AvgIpc) is 3.09. The Bertz CT molecular complexity index is 893. The van der Waals surface area contributed by atoms with E-state index in [0.29, 0.717) is 31.7 Å². The van der Waals surface area contributed by atoms with Gasteiger partial charge in [-0.25, -0.2) is 0 Å². The Labute approximate surface area is 158 Å². The minimum absolute atomic E-state index is 0.112. The van der Waals surface area contributed by atoms with Crippen LogP contribution in [-0.4, -0.2) is 48.2 Å². The number of ether oxygens (including phenoxy) is 1. The van der Waals surface area contributed by atoms with E-state index in [2.05, 4.69) is 6.07 Å². The first-order valence-electron chi connectivity index (χ1n) is 9.27. The van der Waals surface area contributed by atoms with E-state index in [4.69, 9.17) is 4.74 Å². The molecule has 0 saturated carbocycles. The Morgan fingerprint density at radius 2 is 1.89 bits per heavy atom. The molecule has 2 heterocycles. The van der Waals surface area contributed by atoms with Gasteiger partial charge in [-0.2, -0.15) is 0 Å². The molecule has 2 aliphatic rings. The normalized spacial score (nSPS) is 24.5. The zero-order valence-electron chi connectivity index (χ0n) is 15.4. The smallest absolute Gasteiger partial charge is 0.311 e. The zero-order chi connectivity index (χ0) is 19.0. The number of carboxylic acid groups (broad SMARTS) is 1. The maximum absolute atomic E-state index is 13.1. The van der Waals surface area contributed by atoms with Crippen molar-refractivity contribution in [3.05, 3.63) is 59.7 Å². The average molecular weight is 365 g/mol. The summed E-state index contributed by atoms with van der Waals surface area (Å²) in [6.07, 6.45) is 0.458. The van der Waals surface area contributed by atoms with E-state index in [1.165, 1.54) is 0 Å². The second-order valence-electron chi connectivity index (χ2n) is 7.62. The molecule has 2 aromatic rings. The van der Waals surface area contributed by atoms with E-state index in [-0.39, 0.29) is 18.4 Å². The SMILES string of the molecule is Cc1cccc(-c2cccc(C(=O)N3C[C@@H]4COCC[C@]4(C(=O)O)C3)c2)c1. The molecule has 2 atom stereocenters. The van der Waals surface area contributed by atoms with Crippen molar-refractivity contribution in [2.75, 3.05) is 26.3 Å². The van der Waals surface area contributed by atoms with Gasteiger partial charge in [-0.1, -0.05) is 42.0 Å². The fraction of sp³-hybridized carbons (Fsp3) is 0.364. The predicted octanol–water partition coefficient (Wildman–Crippen LogP) is 3.23. The molecule has 2 aromatic carbocycles. The van der Waals surface area contributed by atoms with Gasteiger partial charge in [-0.05, 0) is 36.6 Å². The van der Waals surface area contributed by atoms with Crippen LogP contribution in [0.25, 0.3) is 11.1 Å². The molecule has 2 aliphatic heterocycles. The summed E-state index contributed by atoms with van der Waals surface area (Å²) >= 11 is 0. The number of carbonyl (C=O) groups is 2. The Morgan fingerprint density at radius 3 is 2.59 bits per heavy atom. The number of likely N-dealkylation sites (tertiary alicyclic amines) is 1. The highest BCUT2D eigenvalue weighted by molar-refractivity contribution is 5.96. The zero-order valence-corrected chi connectivity index (χ0v) is 15.4. The van der Waals surface area contributed by atoms with Crippen molar-refractivity contribution in [3.63, 3.8) is 0 Å². The quantitative estimate of drug-likeness (QED) is 0.907. The van der Waals surface area contributed by atoms with E-state index < -0.39 is 11.4 Å². The van der Waals surface area contributed by atoms with E-state index in [9.17, 15) is 14.7 Å². The number of carbonyl (C=O) groups excluding carboxylic acids is 1. The molecule has 0 radical (unpaired) electrons. The third kappa shape index (κ3) is 3.12. The summed E-state index contributed by atoms with van der Waals surface area (Å²) in [6, 6.07) is 15.7. The van der Waals surface area contributed by atoms with Gasteiger partial charge >= 0.3 is 5.97 Å². The van der Waals surface area contributed by atoms with Gasteiger partial charge in [-0.15, -0.1) is 0 Å². The Morgan fingerprint density at radius 1 is 1.15 bits per heavy atom. The van der Waals surface area contributed by atoms with E-state index in [1.54, 1.807) is 11.0 Å². The number of carboxylic acids is 1. The van der Waals surface area contributed by atoms with Crippen molar-refractivity contribution in [2.24, 2.45) is 11.3 Å². The fourth-order valence-corrected chi connectivity index (χ4v) is 4.29. The lowest BCUT2D eigenvalue weighted by atomic mass is 9.74. The van der Waals surface area contributed by atoms with Crippen molar-refractivity contribution >= 4 is 11.9 Å². The number of fused-ring (bicyclic) bond motifs is 1. The van der Waals surface area contributed by atoms with Gasteiger partial charge in [-0.3, -0.25) is 9.59 Å². The predicted molar refractivity (Wildman–Crippen MR) is 102 cm³/mol. The van der Waals surface area contributed by atoms with Gasteiger partial charge in [0.1, 0.15) is 0 Å². The molecule has 4 rings (SSSR count). The summed E-state index contributed by atoms with van der Waals surface area (Å²) < 4.78 is 5.48. The second kappa shape index (κ2) is 6.82. The number of rotatable bonds is 3. The minimum Gasteiger partial charge on any atom is -0.481 e. The van der Waals surface area contributed by atoms with Gasteiger partial charge in [0.15, 0.2) is 0 Å². The van der Waals surface area contributed by atoms with Crippen molar-refractivity contribution in [3.8, 4) is 11.1 Å². The van der Waals surface area contributed by atoms with Crippen LogP contribution in [0.2, 0.25) is 0 Å². The molecule has 0 bridgehead atoms. The molecule has 140 valence electrons. The first-order valence-corrected chi connectivity index (χ1v) is 9.27. The van der Waals surface area contributed by atoms with Crippen LogP contribution in [0.15, 0.2) is 48.5 Å². The molecule has 5 heteroatoms. The molecule has 2 saturated heterocycles. The van der Waals surface area contributed by atoms with Crippen LogP contribution < -0.4 is 0 Å². The number of nitrogens with zero attached hydrogens (tertiary/aromatic N) is 1. The number of hydrogen-bond donors (Lipinski definition) is 1. The summed E-state index contributed by atoms with van der Waals surface area (Å²) in [5.74, 6) is -1.08. The van der Waals surface area contributed by atoms with Crippen LogP contribution in [-0.2, 0) is 9.53 Å². The van der Waals surface area contributed by atoms with Gasteiger partial charge in [0, 0.05) is 31.2 Å². The van der Waals surface area contributed by atoms with Crippen LogP contribution in [0.3, 0.4) is 0 Å². The largest absolute Gasteiger partial charge is 0.481 e. The van der Waals surface area contributed by atoms with Gasteiger partial charge in [0.2, 0.25) is 0 Å². The lowest BCUT2D eigenvalue weighted by Crippen LogP contribution is -2.45. The molecule has 0 unspecified atom stereocenters. The van der Waals surface area contributed by atoms with Crippen LogP contribution in [0.1, 0.15) is 22.3 Å². The second-order valence-corrected chi connectivity index (χ2v) is 7.62. The van der Waals surface area contributed by atoms with Crippen molar-refractivity contribution in [1.29, 1.82) is 0 Å². The monoisotopic (exact) mass is 365 g/mol.